The fourth-order valence-corrected chi connectivity index (χ4v) is 1.96. The van der Waals surface area contributed by atoms with Gasteiger partial charge in [-0.1, -0.05) is 6.07 Å². The lowest BCUT2D eigenvalue weighted by atomic mass is 10.1. The first kappa shape index (κ1) is 15.3. The maximum Gasteiger partial charge on any atom is 0.159 e. The molecular weight excluding hydrogens is 276 g/mol. The van der Waals surface area contributed by atoms with Crippen molar-refractivity contribution in [2.45, 2.75) is 13.0 Å². The third-order valence-corrected chi connectivity index (χ3v) is 3.06. The highest BCUT2D eigenvalue weighted by atomic mass is 19.2. The number of rotatable bonds is 6. The van der Waals surface area contributed by atoms with E-state index in [0.29, 0.717) is 24.3 Å². The lowest BCUT2D eigenvalue weighted by Crippen LogP contribution is -2.06. The van der Waals surface area contributed by atoms with Crippen molar-refractivity contribution in [3.05, 3.63) is 59.2 Å². The van der Waals surface area contributed by atoms with Gasteiger partial charge in [0.05, 0.1) is 7.11 Å². The molecule has 2 N–H and O–H groups in total. The van der Waals surface area contributed by atoms with E-state index in [-0.39, 0.29) is 6.61 Å². The molecule has 0 aliphatic heterocycles. The van der Waals surface area contributed by atoms with Crippen LogP contribution in [-0.4, -0.2) is 13.7 Å². The number of hydrogen-bond donors (Lipinski definition) is 1. The maximum atomic E-state index is 13.1. The van der Waals surface area contributed by atoms with Gasteiger partial charge in [0.25, 0.3) is 0 Å². The van der Waals surface area contributed by atoms with Gasteiger partial charge < -0.3 is 15.2 Å². The van der Waals surface area contributed by atoms with Crippen LogP contribution in [-0.2, 0) is 13.0 Å². The molecule has 21 heavy (non-hydrogen) atoms. The topological polar surface area (TPSA) is 44.5 Å². The van der Waals surface area contributed by atoms with Crippen LogP contribution in [0.4, 0.5) is 8.78 Å². The van der Waals surface area contributed by atoms with E-state index < -0.39 is 11.6 Å². The quantitative estimate of drug-likeness (QED) is 0.890. The van der Waals surface area contributed by atoms with Crippen molar-refractivity contribution >= 4 is 0 Å². The van der Waals surface area contributed by atoms with Gasteiger partial charge in [0.2, 0.25) is 0 Å². The second kappa shape index (κ2) is 7.04. The number of methoxy groups -OCH3 is 1. The van der Waals surface area contributed by atoms with E-state index >= 15 is 0 Å². The highest BCUT2D eigenvalue weighted by Crippen LogP contribution is 2.25. The molecule has 0 amide bonds. The molecule has 0 saturated heterocycles. The van der Waals surface area contributed by atoms with Crippen LogP contribution in [0.1, 0.15) is 11.1 Å². The minimum atomic E-state index is -0.881. The molecule has 0 aromatic heterocycles. The van der Waals surface area contributed by atoms with Crippen molar-refractivity contribution in [3.63, 3.8) is 0 Å². The van der Waals surface area contributed by atoms with Gasteiger partial charge >= 0.3 is 0 Å². The van der Waals surface area contributed by atoms with Gasteiger partial charge in [0.1, 0.15) is 18.1 Å². The average molecular weight is 293 g/mol. The average Bonchev–Trinajstić information content (AvgIpc) is 2.49. The van der Waals surface area contributed by atoms with Crippen LogP contribution in [0.5, 0.6) is 11.5 Å². The number of halogens is 2. The van der Waals surface area contributed by atoms with Crippen LogP contribution < -0.4 is 15.2 Å². The van der Waals surface area contributed by atoms with Crippen molar-refractivity contribution < 1.29 is 18.3 Å². The summed E-state index contributed by atoms with van der Waals surface area (Å²) in [6.45, 7) is 0.635. The standard InChI is InChI=1S/C16H17F2NO2/c1-20-13-3-5-16(12(9-13)6-7-19)21-10-11-2-4-14(17)15(18)8-11/h2-5,8-9H,6-7,10,19H2,1H3. The van der Waals surface area contributed by atoms with Crippen LogP contribution in [0.3, 0.4) is 0 Å². The Kier molecular flexibility index (Phi) is 5.11. The van der Waals surface area contributed by atoms with E-state index in [9.17, 15) is 8.78 Å². The smallest absolute Gasteiger partial charge is 0.159 e. The van der Waals surface area contributed by atoms with E-state index in [1.54, 1.807) is 19.2 Å². The third-order valence-electron chi connectivity index (χ3n) is 3.06. The summed E-state index contributed by atoms with van der Waals surface area (Å²) < 4.78 is 36.8. The highest BCUT2D eigenvalue weighted by Gasteiger charge is 2.07. The van der Waals surface area contributed by atoms with E-state index in [0.717, 1.165) is 23.4 Å². The SMILES string of the molecule is COc1ccc(OCc2ccc(F)c(F)c2)c(CCN)c1. The monoisotopic (exact) mass is 293 g/mol. The fraction of sp³-hybridized carbons (Fsp3) is 0.250. The zero-order valence-electron chi connectivity index (χ0n) is 11.7. The van der Waals surface area contributed by atoms with E-state index in [1.165, 1.54) is 6.07 Å². The summed E-state index contributed by atoms with van der Waals surface area (Å²) in [5.41, 5.74) is 7.05. The first-order valence-corrected chi connectivity index (χ1v) is 6.57. The van der Waals surface area contributed by atoms with Crippen LogP contribution in [0.25, 0.3) is 0 Å². The second-order valence-electron chi connectivity index (χ2n) is 4.55. The Morgan fingerprint density at radius 1 is 1.05 bits per heavy atom. The third kappa shape index (κ3) is 3.92. The summed E-state index contributed by atoms with van der Waals surface area (Å²) >= 11 is 0. The molecule has 0 fully saturated rings. The van der Waals surface area contributed by atoms with Crippen LogP contribution in [0.15, 0.2) is 36.4 Å². The number of hydrogen-bond acceptors (Lipinski definition) is 3. The normalized spacial score (nSPS) is 10.5. The molecule has 0 aliphatic carbocycles. The lowest BCUT2D eigenvalue weighted by molar-refractivity contribution is 0.301. The molecule has 0 unspecified atom stereocenters. The molecular formula is C16H17F2NO2. The zero-order valence-corrected chi connectivity index (χ0v) is 11.7. The van der Waals surface area contributed by atoms with Gasteiger partial charge in [0, 0.05) is 0 Å². The van der Waals surface area contributed by atoms with Crippen LogP contribution in [0.2, 0.25) is 0 Å². The fourth-order valence-electron chi connectivity index (χ4n) is 1.96. The zero-order chi connectivity index (χ0) is 15.2. The number of ether oxygens (including phenoxy) is 2. The summed E-state index contributed by atoms with van der Waals surface area (Å²) in [6, 6.07) is 9.12. The molecule has 5 heteroatoms. The molecule has 0 bridgehead atoms. The number of benzene rings is 2. The van der Waals surface area contributed by atoms with Gasteiger partial charge in [-0.3, -0.25) is 0 Å². The molecule has 0 radical (unpaired) electrons. The molecule has 3 nitrogen and oxygen atoms in total. The van der Waals surface area contributed by atoms with Gasteiger partial charge in [-0.05, 0) is 54.4 Å². The Bertz CT molecular complexity index is 617. The van der Waals surface area contributed by atoms with Crippen molar-refractivity contribution in [3.8, 4) is 11.5 Å². The molecule has 2 aromatic rings. The van der Waals surface area contributed by atoms with Crippen molar-refractivity contribution in [2.75, 3.05) is 13.7 Å². The van der Waals surface area contributed by atoms with Crippen LogP contribution in [0, 0.1) is 11.6 Å². The van der Waals surface area contributed by atoms with E-state index in [4.69, 9.17) is 15.2 Å². The van der Waals surface area contributed by atoms with Crippen molar-refractivity contribution in [1.29, 1.82) is 0 Å². The van der Waals surface area contributed by atoms with Crippen molar-refractivity contribution in [2.24, 2.45) is 5.73 Å². The summed E-state index contributed by atoms with van der Waals surface area (Å²) in [6.07, 6.45) is 0.643. The molecule has 2 rings (SSSR count). The van der Waals surface area contributed by atoms with Gasteiger partial charge in [-0.15, -0.1) is 0 Å². The first-order chi connectivity index (χ1) is 10.1. The van der Waals surface area contributed by atoms with Gasteiger partial charge in [-0.25, -0.2) is 8.78 Å². The summed E-state index contributed by atoms with van der Waals surface area (Å²) in [5.74, 6) is -0.371. The Labute approximate surface area is 122 Å². The largest absolute Gasteiger partial charge is 0.497 e. The summed E-state index contributed by atoms with van der Waals surface area (Å²) in [4.78, 5) is 0. The van der Waals surface area contributed by atoms with Crippen LogP contribution >= 0.6 is 0 Å². The Morgan fingerprint density at radius 2 is 1.86 bits per heavy atom. The predicted molar refractivity (Wildman–Crippen MR) is 76.4 cm³/mol. The Hall–Kier alpha value is -2.14. The highest BCUT2D eigenvalue weighted by molar-refractivity contribution is 5.40. The summed E-state index contributed by atoms with van der Waals surface area (Å²) in [7, 11) is 1.59. The lowest BCUT2D eigenvalue weighted by Gasteiger charge is -2.12. The second-order valence-corrected chi connectivity index (χ2v) is 4.55. The molecule has 0 saturated carbocycles. The molecule has 2 aromatic carbocycles. The minimum Gasteiger partial charge on any atom is -0.497 e. The van der Waals surface area contributed by atoms with Gasteiger partial charge in [-0.2, -0.15) is 0 Å². The molecule has 112 valence electrons. The molecule has 0 spiro atoms. The molecule has 0 heterocycles. The predicted octanol–water partition coefficient (Wildman–Crippen LogP) is 3.05. The Morgan fingerprint density at radius 3 is 2.52 bits per heavy atom. The minimum absolute atomic E-state index is 0.154. The maximum absolute atomic E-state index is 13.1. The van der Waals surface area contributed by atoms with E-state index in [2.05, 4.69) is 0 Å². The Balaban J connectivity index is 2.13. The van der Waals surface area contributed by atoms with E-state index in [1.807, 2.05) is 6.07 Å². The van der Waals surface area contributed by atoms with Crippen molar-refractivity contribution in [1.82, 2.24) is 0 Å². The first-order valence-electron chi connectivity index (χ1n) is 6.57. The summed E-state index contributed by atoms with van der Waals surface area (Å²) in [5, 5.41) is 0. The number of nitrogens with two attached hydrogens (primary N) is 1. The molecule has 0 atom stereocenters. The molecule has 0 aliphatic rings. The van der Waals surface area contributed by atoms with Gasteiger partial charge in [0.15, 0.2) is 11.6 Å².